The van der Waals surface area contributed by atoms with Gasteiger partial charge in [-0.25, -0.2) is 4.79 Å². The van der Waals surface area contributed by atoms with Crippen LogP contribution in [0.5, 0.6) is 0 Å². The van der Waals surface area contributed by atoms with Crippen LogP contribution in [0.25, 0.3) is 0 Å². The first-order chi connectivity index (χ1) is 11.7. The predicted molar refractivity (Wildman–Crippen MR) is 73.5 cm³/mol. The lowest BCUT2D eigenvalue weighted by molar-refractivity contribution is -0.358. The molecule has 12 heteroatoms. The first-order valence-electron chi connectivity index (χ1n) is 7.46. The van der Waals surface area contributed by atoms with Crippen molar-refractivity contribution < 1.29 is 59.5 Å². The topological polar surface area (TPSA) is 196 Å². The molecule has 2 rings (SSSR count). The summed E-state index contributed by atoms with van der Waals surface area (Å²) in [5, 5.41) is 68.3. The summed E-state index contributed by atoms with van der Waals surface area (Å²) in [5.41, 5.74) is 0. The van der Waals surface area contributed by atoms with E-state index in [9.17, 15) is 35.4 Å². The minimum absolute atomic E-state index is 0.704. The average molecular weight is 370 g/mol. The summed E-state index contributed by atoms with van der Waals surface area (Å²) in [4.78, 5) is 11.5. The lowest BCUT2D eigenvalue weighted by Gasteiger charge is -2.44. The van der Waals surface area contributed by atoms with Crippen molar-refractivity contribution in [2.45, 2.75) is 61.4 Å². The maximum absolute atomic E-state index is 11.5. The molecule has 0 aromatic heterocycles. The van der Waals surface area contributed by atoms with Crippen LogP contribution in [0.2, 0.25) is 0 Å². The number of methoxy groups -OCH3 is 1. The summed E-state index contributed by atoms with van der Waals surface area (Å²) in [6, 6.07) is 0. The van der Waals surface area contributed by atoms with E-state index in [0.29, 0.717) is 0 Å². The van der Waals surface area contributed by atoms with E-state index in [-0.39, 0.29) is 0 Å². The van der Waals surface area contributed by atoms with Crippen LogP contribution in [0.15, 0.2) is 0 Å². The third-order valence-corrected chi connectivity index (χ3v) is 4.14. The highest BCUT2D eigenvalue weighted by atomic mass is 16.7. The van der Waals surface area contributed by atoms with Gasteiger partial charge in [-0.3, -0.25) is 0 Å². The van der Waals surface area contributed by atoms with Crippen LogP contribution in [0.4, 0.5) is 0 Å². The maximum Gasteiger partial charge on any atom is 0.337 e. The van der Waals surface area contributed by atoms with Crippen molar-refractivity contribution in [1.82, 2.24) is 0 Å². The molecule has 12 nitrogen and oxygen atoms in total. The highest BCUT2D eigenvalue weighted by Gasteiger charge is 2.51. The smallest absolute Gasteiger partial charge is 0.337 e. The summed E-state index contributed by atoms with van der Waals surface area (Å²) in [7, 11) is 1.02. The molecule has 0 aromatic rings. The molecule has 7 N–H and O–H groups in total. The Kier molecular flexibility index (Phi) is 6.67. The second-order valence-corrected chi connectivity index (χ2v) is 5.75. The molecular weight excluding hydrogens is 348 g/mol. The van der Waals surface area contributed by atoms with E-state index in [0.717, 1.165) is 7.11 Å². The molecular formula is C13H22O12. The van der Waals surface area contributed by atoms with Gasteiger partial charge < -0.3 is 54.7 Å². The Balaban J connectivity index is 2.10. The maximum atomic E-state index is 11.5. The zero-order valence-corrected chi connectivity index (χ0v) is 13.2. The number of carbonyl (C=O) groups excluding carboxylic acids is 1. The average Bonchev–Trinajstić information content (AvgIpc) is 2.60. The van der Waals surface area contributed by atoms with Crippen LogP contribution in [0.1, 0.15) is 0 Å². The number of hydrogen-bond acceptors (Lipinski definition) is 12. The summed E-state index contributed by atoms with van der Waals surface area (Å²) < 4.78 is 19.5. The van der Waals surface area contributed by atoms with E-state index in [1.807, 2.05) is 0 Å². The SMILES string of the molecule is COC(=O)[C@H]1O[C@@H](O)[C@H](O[C@@H]2O[C@H](CO)[C@H](O)[C@H](O)[C@H]2O)[C@@H](O)[C@@H]1O. The van der Waals surface area contributed by atoms with Gasteiger partial charge in [-0.1, -0.05) is 0 Å². The number of hydrogen-bond donors (Lipinski definition) is 7. The standard InChI is InChI=1S/C13H22O12/c1-22-11(20)9-6(17)7(18)10(12(21)24-9)25-13-8(19)5(16)4(15)3(2-14)23-13/h3-10,12-19,21H,2H2,1H3/t3-,4+,5+,6+,7+,8-,9+,10-,12-,13+/m1/s1. The number of aliphatic hydroxyl groups is 7. The van der Waals surface area contributed by atoms with Crippen molar-refractivity contribution in [3.05, 3.63) is 0 Å². The van der Waals surface area contributed by atoms with E-state index < -0.39 is 74.0 Å². The molecule has 0 aliphatic carbocycles. The van der Waals surface area contributed by atoms with Crippen molar-refractivity contribution in [2.75, 3.05) is 13.7 Å². The zero-order chi connectivity index (χ0) is 18.9. The first kappa shape index (κ1) is 20.4. The second-order valence-electron chi connectivity index (χ2n) is 5.75. The van der Waals surface area contributed by atoms with Crippen LogP contribution in [0, 0.1) is 0 Å². The fourth-order valence-electron chi connectivity index (χ4n) is 2.64. The Labute approximate surface area is 141 Å². The molecule has 10 atom stereocenters. The van der Waals surface area contributed by atoms with Gasteiger partial charge >= 0.3 is 5.97 Å². The minimum Gasteiger partial charge on any atom is -0.467 e. The number of rotatable bonds is 4. The van der Waals surface area contributed by atoms with Gasteiger partial charge in [0, 0.05) is 0 Å². The van der Waals surface area contributed by atoms with Gasteiger partial charge in [0.15, 0.2) is 18.7 Å². The Morgan fingerprint density at radius 2 is 1.56 bits per heavy atom. The Morgan fingerprint density at radius 3 is 2.12 bits per heavy atom. The molecule has 2 aliphatic heterocycles. The fraction of sp³-hybridized carbons (Fsp3) is 0.923. The van der Waals surface area contributed by atoms with Crippen molar-refractivity contribution in [3.63, 3.8) is 0 Å². The van der Waals surface area contributed by atoms with Crippen molar-refractivity contribution >= 4 is 5.97 Å². The van der Waals surface area contributed by atoms with Gasteiger partial charge in [0.1, 0.15) is 42.7 Å². The summed E-state index contributed by atoms with van der Waals surface area (Å²) in [6.45, 7) is -0.704. The van der Waals surface area contributed by atoms with Crippen LogP contribution in [-0.2, 0) is 23.7 Å². The third kappa shape index (κ3) is 3.93. The lowest BCUT2D eigenvalue weighted by atomic mass is 9.97. The van der Waals surface area contributed by atoms with Crippen molar-refractivity contribution in [1.29, 1.82) is 0 Å². The van der Waals surface area contributed by atoms with Gasteiger partial charge in [-0.15, -0.1) is 0 Å². The fourth-order valence-corrected chi connectivity index (χ4v) is 2.64. The molecule has 0 saturated carbocycles. The number of ether oxygens (including phenoxy) is 4. The van der Waals surface area contributed by atoms with Gasteiger partial charge in [0.2, 0.25) is 0 Å². The van der Waals surface area contributed by atoms with Crippen LogP contribution in [-0.4, -0.2) is 117 Å². The molecule has 2 aliphatic rings. The second kappa shape index (κ2) is 8.18. The normalized spacial score (nSPS) is 48.2. The number of esters is 1. The molecule has 0 amide bonds. The van der Waals surface area contributed by atoms with Crippen LogP contribution in [0.3, 0.4) is 0 Å². The van der Waals surface area contributed by atoms with E-state index in [1.165, 1.54) is 0 Å². The van der Waals surface area contributed by atoms with Crippen LogP contribution < -0.4 is 0 Å². The van der Waals surface area contributed by atoms with E-state index in [4.69, 9.17) is 19.3 Å². The molecule has 0 radical (unpaired) electrons. The molecule has 2 fully saturated rings. The molecule has 2 saturated heterocycles. The summed E-state index contributed by atoms with van der Waals surface area (Å²) in [5.74, 6) is -1.03. The molecule has 0 unspecified atom stereocenters. The molecule has 0 bridgehead atoms. The lowest BCUT2D eigenvalue weighted by Crippen LogP contribution is -2.64. The minimum atomic E-state index is -1.91. The molecule has 0 aromatic carbocycles. The van der Waals surface area contributed by atoms with Gasteiger partial charge in [-0.2, -0.15) is 0 Å². The quantitative estimate of drug-likeness (QED) is 0.233. The van der Waals surface area contributed by atoms with Crippen LogP contribution >= 0.6 is 0 Å². The van der Waals surface area contributed by atoms with Gasteiger partial charge in [-0.05, 0) is 0 Å². The van der Waals surface area contributed by atoms with E-state index in [2.05, 4.69) is 4.74 Å². The Hall–Kier alpha value is -0.930. The number of carbonyl (C=O) groups is 1. The third-order valence-electron chi connectivity index (χ3n) is 4.14. The predicted octanol–water partition coefficient (Wildman–Crippen LogP) is -5.22. The van der Waals surface area contributed by atoms with Gasteiger partial charge in [0.05, 0.1) is 13.7 Å². The summed E-state index contributed by atoms with van der Waals surface area (Å²) in [6.07, 6.45) is -17.0. The first-order valence-corrected chi connectivity index (χ1v) is 7.46. The van der Waals surface area contributed by atoms with Crippen molar-refractivity contribution in [3.8, 4) is 0 Å². The van der Waals surface area contributed by atoms with E-state index in [1.54, 1.807) is 0 Å². The Bertz CT molecular complexity index is 458. The molecule has 2 heterocycles. The number of aliphatic hydroxyl groups excluding tert-OH is 7. The van der Waals surface area contributed by atoms with Gasteiger partial charge in [0.25, 0.3) is 0 Å². The van der Waals surface area contributed by atoms with E-state index >= 15 is 0 Å². The molecule has 0 spiro atoms. The largest absolute Gasteiger partial charge is 0.467 e. The molecule has 25 heavy (non-hydrogen) atoms. The molecule has 146 valence electrons. The zero-order valence-electron chi connectivity index (χ0n) is 13.2. The highest BCUT2D eigenvalue weighted by molar-refractivity contribution is 5.75. The Morgan fingerprint density at radius 1 is 0.920 bits per heavy atom. The summed E-state index contributed by atoms with van der Waals surface area (Å²) >= 11 is 0. The monoisotopic (exact) mass is 370 g/mol. The highest BCUT2D eigenvalue weighted by Crippen LogP contribution is 2.28. The van der Waals surface area contributed by atoms with Crippen molar-refractivity contribution in [2.24, 2.45) is 0 Å².